The maximum Gasteiger partial charge on any atom is 0.242 e. The van der Waals surface area contributed by atoms with Crippen LogP contribution in [0.2, 0.25) is 0 Å². The Balaban J connectivity index is 0.00000180. The second kappa shape index (κ2) is 6.57. The first-order valence-electron chi connectivity index (χ1n) is 6.79. The van der Waals surface area contributed by atoms with Gasteiger partial charge < -0.3 is 16.0 Å². The molecule has 0 aromatic carbocycles. The largest absolute Gasteiger partial charge is 0.353 e. The van der Waals surface area contributed by atoms with Gasteiger partial charge in [0.15, 0.2) is 0 Å². The number of carbonyl (C=O) groups excluding carboxylic acids is 2. The average molecular weight is 290 g/mol. The minimum atomic E-state index is -0.329. The minimum absolute atomic E-state index is 0. The molecule has 0 bridgehead atoms. The van der Waals surface area contributed by atoms with Crippen LogP contribution in [0.4, 0.5) is 0 Å². The number of rotatable bonds is 3. The zero-order valence-corrected chi connectivity index (χ0v) is 12.4. The molecule has 3 N–H and O–H groups in total. The summed E-state index contributed by atoms with van der Waals surface area (Å²) in [5.74, 6) is -0.0738. The molecule has 19 heavy (non-hydrogen) atoms. The Kier molecular flexibility index (Phi) is 5.62. The molecule has 2 amide bonds. The summed E-state index contributed by atoms with van der Waals surface area (Å²) in [5, 5.41) is 9.11. The van der Waals surface area contributed by atoms with Crippen molar-refractivity contribution in [3.05, 3.63) is 0 Å². The molecule has 6 heteroatoms. The van der Waals surface area contributed by atoms with Crippen LogP contribution in [0, 0.1) is 5.41 Å². The van der Waals surface area contributed by atoms with Gasteiger partial charge in [-0.3, -0.25) is 9.59 Å². The summed E-state index contributed by atoms with van der Waals surface area (Å²) >= 11 is 0. The molecule has 2 atom stereocenters. The lowest BCUT2D eigenvalue weighted by Gasteiger charge is -2.39. The third kappa shape index (κ3) is 4.08. The monoisotopic (exact) mass is 289 g/mol. The van der Waals surface area contributed by atoms with Crippen LogP contribution in [0.25, 0.3) is 0 Å². The summed E-state index contributed by atoms with van der Waals surface area (Å²) < 4.78 is 0. The number of hydrogen-bond donors (Lipinski definition) is 3. The number of carbonyl (C=O) groups is 2. The van der Waals surface area contributed by atoms with E-state index in [0.717, 1.165) is 6.54 Å². The molecule has 110 valence electrons. The third-order valence-corrected chi connectivity index (χ3v) is 4.12. The summed E-state index contributed by atoms with van der Waals surface area (Å²) in [6.07, 6.45) is 3.45. The lowest BCUT2D eigenvalue weighted by Crippen LogP contribution is -2.54. The molecule has 0 aromatic rings. The number of halogens is 1. The van der Waals surface area contributed by atoms with Gasteiger partial charge >= 0.3 is 0 Å². The molecule has 0 radical (unpaired) electrons. The second-order valence-corrected chi connectivity index (χ2v) is 6.00. The van der Waals surface area contributed by atoms with Crippen LogP contribution in [-0.2, 0) is 9.59 Å². The van der Waals surface area contributed by atoms with Crippen LogP contribution in [-0.4, -0.2) is 37.0 Å². The van der Waals surface area contributed by atoms with Crippen molar-refractivity contribution in [2.24, 2.45) is 5.41 Å². The van der Waals surface area contributed by atoms with Crippen molar-refractivity contribution in [3.8, 4) is 0 Å². The minimum Gasteiger partial charge on any atom is -0.353 e. The van der Waals surface area contributed by atoms with E-state index in [-0.39, 0.29) is 35.7 Å². The zero-order chi connectivity index (χ0) is 13.2. The molecule has 2 aliphatic rings. The van der Waals surface area contributed by atoms with Gasteiger partial charge in [-0.2, -0.15) is 0 Å². The van der Waals surface area contributed by atoms with E-state index < -0.39 is 0 Å². The number of hydrogen-bond acceptors (Lipinski definition) is 3. The molecule has 2 saturated heterocycles. The van der Waals surface area contributed by atoms with Crippen molar-refractivity contribution < 1.29 is 9.59 Å². The predicted molar refractivity (Wildman–Crippen MR) is 76.2 cm³/mol. The fraction of sp³-hybridized carbons (Fsp3) is 0.846. The molecule has 0 aliphatic carbocycles. The molecule has 2 rings (SSSR count). The van der Waals surface area contributed by atoms with Gasteiger partial charge in [0.2, 0.25) is 11.8 Å². The molecule has 0 spiro atoms. The molecule has 2 aliphatic heterocycles. The van der Waals surface area contributed by atoms with Crippen LogP contribution in [0.3, 0.4) is 0 Å². The summed E-state index contributed by atoms with van der Waals surface area (Å²) in [5.41, 5.74) is 0.213. The molecular weight excluding hydrogens is 266 g/mol. The maximum atomic E-state index is 11.9. The Morgan fingerprint density at radius 2 is 2.21 bits per heavy atom. The number of amides is 2. The standard InChI is InChI=1S/C13H23N3O2.ClH/c1-13(2)6-3-7-14-10(13)8-15-12(18)9-4-5-11(17)16-9;/h9-10,14H,3-8H2,1-2H3,(H,15,18)(H,16,17);1H. The van der Waals surface area contributed by atoms with Crippen molar-refractivity contribution in [2.75, 3.05) is 13.1 Å². The first kappa shape index (κ1) is 16.2. The lowest BCUT2D eigenvalue weighted by atomic mass is 9.77. The van der Waals surface area contributed by atoms with E-state index in [1.54, 1.807) is 0 Å². The summed E-state index contributed by atoms with van der Waals surface area (Å²) in [6, 6.07) is -0.0171. The molecule has 2 heterocycles. The molecule has 5 nitrogen and oxygen atoms in total. The van der Waals surface area contributed by atoms with Crippen molar-refractivity contribution in [1.82, 2.24) is 16.0 Å². The highest BCUT2D eigenvalue weighted by Gasteiger charge is 2.33. The van der Waals surface area contributed by atoms with Gasteiger partial charge in [0.1, 0.15) is 6.04 Å². The van der Waals surface area contributed by atoms with Crippen molar-refractivity contribution in [2.45, 2.75) is 51.6 Å². The fourth-order valence-electron chi connectivity index (χ4n) is 2.76. The van der Waals surface area contributed by atoms with Gasteiger partial charge in [0.25, 0.3) is 0 Å². The van der Waals surface area contributed by atoms with E-state index >= 15 is 0 Å². The first-order chi connectivity index (χ1) is 8.49. The zero-order valence-electron chi connectivity index (χ0n) is 11.6. The van der Waals surface area contributed by atoms with Gasteiger partial charge in [0, 0.05) is 19.0 Å². The smallest absolute Gasteiger partial charge is 0.242 e. The molecular formula is C13H24ClN3O2. The van der Waals surface area contributed by atoms with E-state index in [1.165, 1.54) is 12.8 Å². The van der Waals surface area contributed by atoms with Crippen LogP contribution in [0.1, 0.15) is 39.5 Å². The van der Waals surface area contributed by atoms with Gasteiger partial charge in [-0.25, -0.2) is 0 Å². The van der Waals surface area contributed by atoms with Gasteiger partial charge in [-0.1, -0.05) is 13.8 Å². The Morgan fingerprint density at radius 3 is 2.79 bits per heavy atom. The second-order valence-electron chi connectivity index (χ2n) is 6.00. The Hall–Kier alpha value is -0.810. The SMILES string of the molecule is CC1(C)CCCNC1CNC(=O)C1CCC(=O)N1.Cl. The highest BCUT2D eigenvalue weighted by atomic mass is 35.5. The van der Waals surface area contributed by atoms with Gasteiger partial charge in [-0.05, 0) is 31.2 Å². The Morgan fingerprint density at radius 1 is 1.47 bits per heavy atom. The maximum absolute atomic E-state index is 11.9. The van der Waals surface area contributed by atoms with E-state index in [2.05, 4.69) is 29.8 Å². The van der Waals surface area contributed by atoms with E-state index in [1.807, 2.05) is 0 Å². The fourth-order valence-corrected chi connectivity index (χ4v) is 2.76. The third-order valence-electron chi connectivity index (χ3n) is 4.12. The molecule has 2 unspecified atom stereocenters. The summed E-state index contributed by atoms with van der Waals surface area (Å²) in [6.45, 7) is 6.11. The number of piperidine rings is 1. The molecule has 0 saturated carbocycles. The van der Waals surface area contributed by atoms with Crippen molar-refractivity contribution >= 4 is 24.2 Å². The predicted octanol–water partition coefficient (Wildman–Crippen LogP) is 0.581. The quantitative estimate of drug-likeness (QED) is 0.712. The topological polar surface area (TPSA) is 70.2 Å². The van der Waals surface area contributed by atoms with E-state index in [9.17, 15) is 9.59 Å². The first-order valence-corrected chi connectivity index (χ1v) is 6.79. The highest BCUT2D eigenvalue weighted by Crippen LogP contribution is 2.29. The average Bonchev–Trinajstić information content (AvgIpc) is 2.73. The van der Waals surface area contributed by atoms with Crippen LogP contribution in [0.5, 0.6) is 0 Å². The van der Waals surface area contributed by atoms with Crippen LogP contribution in [0.15, 0.2) is 0 Å². The van der Waals surface area contributed by atoms with Crippen molar-refractivity contribution in [3.63, 3.8) is 0 Å². The van der Waals surface area contributed by atoms with Gasteiger partial charge in [-0.15, -0.1) is 12.4 Å². The highest BCUT2D eigenvalue weighted by molar-refractivity contribution is 5.90. The Labute approximate surface area is 120 Å². The molecule has 2 fully saturated rings. The number of nitrogens with one attached hydrogen (secondary N) is 3. The summed E-state index contributed by atoms with van der Waals surface area (Å²) in [4.78, 5) is 23.0. The normalized spacial score (nSPS) is 29.3. The van der Waals surface area contributed by atoms with E-state index in [0.29, 0.717) is 25.4 Å². The van der Waals surface area contributed by atoms with E-state index in [4.69, 9.17) is 0 Å². The van der Waals surface area contributed by atoms with Crippen LogP contribution < -0.4 is 16.0 Å². The van der Waals surface area contributed by atoms with Gasteiger partial charge in [0.05, 0.1) is 0 Å². The summed E-state index contributed by atoms with van der Waals surface area (Å²) in [7, 11) is 0. The lowest BCUT2D eigenvalue weighted by molar-refractivity contribution is -0.125. The Bertz CT molecular complexity index is 347. The van der Waals surface area contributed by atoms with Crippen LogP contribution >= 0.6 is 12.4 Å². The molecule has 0 aromatic heterocycles. The van der Waals surface area contributed by atoms with Crippen molar-refractivity contribution in [1.29, 1.82) is 0 Å².